The molecule has 0 saturated carbocycles. The van der Waals surface area contributed by atoms with Gasteiger partial charge in [0.1, 0.15) is 0 Å². The molecule has 1 aromatic rings. The number of benzene rings is 1. The highest BCUT2D eigenvalue weighted by Gasteiger charge is 2.34. The Morgan fingerprint density at radius 2 is 2.10 bits per heavy atom. The monoisotopic (exact) mass is 302 g/mol. The second kappa shape index (κ2) is 6.34. The van der Waals surface area contributed by atoms with Crippen LogP contribution < -0.4 is 5.32 Å². The third-order valence-electron chi connectivity index (χ3n) is 3.54. The topological polar surface area (TPSA) is 52.6 Å². The summed E-state index contributed by atoms with van der Waals surface area (Å²) in [5, 5.41) is 11.4. The maximum atomic E-state index is 12.9. The van der Waals surface area contributed by atoms with E-state index in [1.54, 1.807) is 0 Å². The molecular weight excluding hydrogens is 285 g/mol. The number of carbonyl (C=O) groups excluding carboxylic acids is 1. The Bertz CT molecular complexity index is 505. The third kappa shape index (κ3) is 3.87. The van der Waals surface area contributed by atoms with Crippen molar-refractivity contribution < 1.29 is 23.1 Å². The molecule has 2 amide bonds. The minimum absolute atomic E-state index is 0.0117. The molecule has 1 saturated heterocycles. The van der Waals surface area contributed by atoms with Gasteiger partial charge in [0, 0.05) is 19.7 Å². The number of nitrogens with zero attached hydrogens (tertiary/aromatic N) is 1. The van der Waals surface area contributed by atoms with E-state index in [9.17, 15) is 18.0 Å². The number of amides is 2. The van der Waals surface area contributed by atoms with E-state index in [0.717, 1.165) is 18.9 Å². The molecule has 116 valence electrons. The van der Waals surface area contributed by atoms with Gasteiger partial charge in [-0.05, 0) is 30.9 Å². The molecule has 2 N–H and O–H groups in total. The van der Waals surface area contributed by atoms with E-state index in [4.69, 9.17) is 5.11 Å². The highest BCUT2D eigenvalue weighted by Crippen LogP contribution is 2.34. The number of hydrogen-bond acceptors (Lipinski definition) is 2. The highest BCUT2D eigenvalue weighted by atomic mass is 19.4. The molecule has 0 aromatic heterocycles. The standard InChI is InChI=1S/C14H17F3N2O2/c15-14(16,17)11-5-1-2-6-12(11)18-13(21)19-7-3-4-10(8-19)9-20/h1-2,5-6,10,20H,3-4,7-9H2,(H,18,21). The molecule has 0 aliphatic carbocycles. The Morgan fingerprint density at radius 1 is 1.38 bits per heavy atom. The fourth-order valence-electron chi connectivity index (χ4n) is 2.43. The number of halogens is 3. The maximum Gasteiger partial charge on any atom is 0.418 e. The molecule has 0 radical (unpaired) electrons. The average Bonchev–Trinajstić information content (AvgIpc) is 2.46. The summed E-state index contributed by atoms with van der Waals surface area (Å²) >= 11 is 0. The van der Waals surface area contributed by atoms with Crippen molar-refractivity contribution in [3.8, 4) is 0 Å². The molecule has 4 nitrogen and oxygen atoms in total. The van der Waals surface area contributed by atoms with Gasteiger partial charge in [0.15, 0.2) is 0 Å². The Labute approximate surface area is 120 Å². The van der Waals surface area contributed by atoms with Gasteiger partial charge in [0.2, 0.25) is 0 Å². The van der Waals surface area contributed by atoms with Gasteiger partial charge >= 0.3 is 12.2 Å². The summed E-state index contributed by atoms with van der Waals surface area (Å²) in [7, 11) is 0. The first-order chi connectivity index (χ1) is 9.91. The average molecular weight is 302 g/mol. The van der Waals surface area contributed by atoms with Crippen molar-refractivity contribution in [1.29, 1.82) is 0 Å². The van der Waals surface area contributed by atoms with Gasteiger partial charge in [-0.25, -0.2) is 4.79 Å². The molecule has 2 rings (SSSR count). The fraction of sp³-hybridized carbons (Fsp3) is 0.500. The van der Waals surface area contributed by atoms with Gasteiger partial charge in [-0.2, -0.15) is 13.2 Å². The smallest absolute Gasteiger partial charge is 0.396 e. The van der Waals surface area contributed by atoms with Gasteiger partial charge in [-0.3, -0.25) is 0 Å². The maximum absolute atomic E-state index is 12.9. The van der Waals surface area contributed by atoms with Gasteiger partial charge in [0.25, 0.3) is 0 Å². The number of para-hydroxylation sites is 1. The van der Waals surface area contributed by atoms with E-state index in [1.165, 1.54) is 23.1 Å². The van der Waals surface area contributed by atoms with E-state index in [0.29, 0.717) is 13.1 Å². The van der Waals surface area contributed by atoms with Crippen LogP contribution in [0.1, 0.15) is 18.4 Å². The van der Waals surface area contributed by atoms with Crippen LogP contribution in [0.2, 0.25) is 0 Å². The van der Waals surface area contributed by atoms with E-state index >= 15 is 0 Å². The van der Waals surface area contributed by atoms with Crippen LogP contribution in [0.4, 0.5) is 23.7 Å². The zero-order chi connectivity index (χ0) is 15.5. The van der Waals surface area contributed by atoms with Crippen LogP contribution >= 0.6 is 0 Å². The molecular formula is C14H17F3N2O2. The number of rotatable bonds is 2. The van der Waals surface area contributed by atoms with E-state index in [2.05, 4.69) is 5.32 Å². The summed E-state index contributed by atoms with van der Waals surface area (Å²) in [5.74, 6) is -0.0117. The summed E-state index contributed by atoms with van der Waals surface area (Å²) in [4.78, 5) is 13.5. The van der Waals surface area contributed by atoms with Crippen molar-refractivity contribution in [1.82, 2.24) is 4.90 Å². The summed E-state index contributed by atoms with van der Waals surface area (Å²) in [6.07, 6.45) is -2.96. The lowest BCUT2D eigenvalue weighted by Crippen LogP contribution is -2.43. The molecule has 1 atom stereocenters. The summed E-state index contributed by atoms with van der Waals surface area (Å²) in [6, 6.07) is 4.32. The van der Waals surface area contributed by atoms with Crippen LogP contribution in [-0.2, 0) is 6.18 Å². The molecule has 1 unspecified atom stereocenters. The van der Waals surface area contributed by atoms with E-state index in [-0.39, 0.29) is 18.2 Å². The highest BCUT2D eigenvalue weighted by molar-refractivity contribution is 5.90. The number of hydrogen-bond donors (Lipinski definition) is 2. The van der Waals surface area contributed by atoms with Crippen LogP contribution in [0.5, 0.6) is 0 Å². The number of alkyl halides is 3. The van der Waals surface area contributed by atoms with Crippen molar-refractivity contribution >= 4 is 11.7 Å². The number of aliphatic hydroxyl groups is 1. The first-order valence-corrected chi connectivity index (χ1v) is 6.75. The number of carbonyl (C=O) groups is 1. The lowest BCUT2D eigenvalue weighted by molar-refractivity contribution is -0.136. The molecule has 7 heteroatoms. The Balaban J connectivity index is 2.10. The summed E-state index contributed by atoms with van der Waals surface area (Å²) in [6.45, 7) is 0.815. The van der Waals surface area contributed by atoms with Gasteiger partial charge in [-0.15, -0.1) is 0 Å². The number of urea groups is 1. The second-order valence-corrected chi connectivity index (χ2v) is 5.11. The molecule has 1 aliphatic rings. The summed E-state index contributed by atoms with van der Waals surface area (Å²) < 4.78 is 38.6. The first kappa shape index (κ1) is 15.6. The Hall–Kier alpha value is -1.76. The van der Waals surface area contributed by atoms with Crippen LogP contribution in [-0.4, -0.2) is 35.7 Å². The molecule has 0 bridgehead atoms. The van der Waals surface area contributed by atoms with Crippen LogP contribution in [0.25, 0.3) is 0 Å². The van der Waals surface area contributed by atoms with E-state index < -0.39 is 17.8 Å². The zero-order valence-electron chi connectivity index (χ0n) is 11.4. The molecule has 0 spiro atoms. The third-order valence-corrected chi connectivity index (χ3v) is 3.54. The number of anilines is 1. The molecule has 1 heterocycles. The second-order valence-electron chi connectivity index (χ2n) is 5.11. The SMILES string of the molecule is O=C(Nc1ccccc1C(F)(F)F)N1CCCC(CO)C1. The number of nitrogens with one attached hydrogen (secondary N) is 1. The summed E-state index contributed by atoms with van der Waals surface area (Å²) in [5.41, 5.74) is -1.12. The van der Waals surface area contributed by atoms with Gasteiger partial charge < -0.3 is 15.3 Å². The molecule has 1 aliphatic heterocycles. The van der Waals surface area contributed by atoms with Crippen molar-refractivity contribution in [2.75, 3.05) is 25.0 Å². The predicted molar refractivity (Wildman–Crippen MR) is 71.8 cm³/mol. The van der Waals surface area contributed by atoms with Gasteiger partial charge in [-0.1, -0.05) is 12.1 Å². The quantitative estimate of drug-likeness (QED) is 0.882. The number of likely N-dealkylation sites (tertiary alicyclic amines) is 1. The predicted octanol–water partition coefficient (Wildman–Crippen LogP) is 2.94. The molecule has 21 heavy (non-hydrogen) atoms. The first-order valence-electron chi connectivity index (χ1n) is 6.75. The van der Waals surface area contributed by atoms with E-state index in [1.807, 2.05) is 0 Å². The lowest BCUT2D eigenvalue weighted by atomic mass is 9.99. The molecule has 1 fully saturated rings. The van der Waals surface area contributed by atoms with Crippen molar-refractivity contribution in [2.45, 2.75) is 19.0 Å². The number of piperidine rings is 1. The Kier molecular flexibility index (Phi) is 4.72. The fourth-order valence-corrected chi connectivity index (χ4v) is 2.43. The lowest BCUT2D eigenvalue weighted by Gasteiger charge is -2.32. The molecule has 1 aromatic carbocycles. The largest absolute Gasteiger partial charge is 0.418 e. The van der Waals surface area contributed by atoms with Crippen LogP contribution in [0.3, 0.4) is 0 Å². The normalized spacial score (nSPS) is 19.4. The van der Waals surface area contributed by atoms with Crippen molar-refractivity contribution in [3.63, 3.8) is 0 Å². The zero-order valence-corrected chi connectivity index (χ0v) is 11.4. The number of aliphatic hydroxyl groups excluding tert-OH is 1. The Morgan fingerprint density at radius 3 is 2.76 bits per heavy atom. The minimum Gasteiger partial charge on any atom is -0.396 e. The van der Waals surface area contributed by atoms with Crippen molar-refractivity contribution in [2.24, 2.45) is 5.92 Å². The minimum atomic E-state index is -4.51. The van der Waals surface area contributed by atoms with Gasteiger partial charge in [0.05, 0.1) is 11.3 Å². The van der Waals surface area contributed by atoms with Crippen LogP contribution in [0, 0.1) is 5.92 Å². The van der Waals surface area contributed by atoms with Crippen molar-refractivity contribution in [3.05, 3.63) is 29.8 Å². The van der Waals surface area contributed by atoms with Crippen LogP contribution in [0.15, 0.2) is 24.3 Å².